The summed E-state index contributed by atoms with van der Waals surface area (Å²) >= 11 is 0. The second-order valence-electron chi connectivity index (χ2n) is 4.99. The van der Waals surface area contributed by atoms with Gasteiger partial charge in [0.1, 0.15) is 6.17 Å². The molecule has 0 spiro atoms. The number of nitrogens with zero attached hydrogens (tertiary/aromatic N) is 1. The van der Waals surface area contributed by atoms with Crippen molar-refractivity contribution < 1.29 is 4.79 Å². The van der Waals surface area contributed by atoms with E-state index in [1.807, 2.05) is 0 Å². The van der Waals surface area contributed by atoms with E-state index in [0.717, 1.165) is 38.9 Å². The summed E-state index contributed by atoms with van der Waals surface area (Å²) in [6.45, 7) is 3.11. The van der Waals surface area contributed by atoms with Crippen molar-refractivity contribution in [2.45, 2.75) is 43.9 Å². The van der Waals surface area contributed by atoms with Crippen LogP contribution in [0.1, 0.15) is 25.7 Å². The SMILES string of the molecule is O=C1NC2CCCNC2N1C1CCNCC1. The molecule has 0 aliphatic carbocycles. The minimum Gasteiger partial charge on any atom is -0.332 e. The van der Waals surface area contributed by atoms with Gasteiger partial charge in [-0.25, -0.2) is 4.79 Å². The molecule has 5 heteroatoms. The molecular formula is C11H20N4O. The predicted octanol–water partition coefficient (Wildman–Crippen LogP) is -0.158. The fourth-order valence-electron chi connectivity index (χ4n) is 3.15. The monoisotopic (exact) mass is 224 g/mol. The van der Waals surface area contributed by atoms with E-state index in [-0.39, 0.29) is 12.2 Å². The molecule has 5 nitrogen and oxygen atoms in total. The van der Waals surface area contributed by atoms with E-state index in [0.29, 0.717) is 12.1 Å². The largest absolute Gasteiger partial charge is 0.332 e. The highest BCUT2D eigenvalue weighted by Gasteiger charge is 2.43. The van der Waals surface area contributed by atoms with Gasteiger partial charge in [0.05, 0.1) is 6.04 Å². The van der Waals surface area contributed by atoms with Crippen LogP contribution in [0.2, 0.25) is 0 Å². The number of urea groups is 1. The number of nitrogens with one attached hydrogen (secondary N) is 3. The molecule has 2 unspecified atom stereocenters. The van der Waals surface area contributed by atoms with E-state index in [9.17, 15) is 4.79 Å². The Balaban J connectivity index is 1.74. The lowest BCUT2D eigenvalue weighted by molar-refractivity contribution is 0.126. The average molecular weight is 224 g/mol. The maximum atomic E-state index is 12.0. The first-order valence-electron chi connectivity index (χ1n) is 6.39. The van der Waals surface area contributed by atoms with Crippen LogP contribution in [0, 0.1) is 0 Å². The van der Waals surface area contributed by atoms with Crippen molar-refractivity contribution in [2.24, 2.45) is 0 Å². The van der Waals surface area contributed by atoms with Crippen LogP contribution in [0.25, 0.3) is 0 Å². The van der Waals surface area contributed by atoms with Gasteiger partial charge in [-0.1, -0.05) is 0 Å². The topological polar surface area (TPSA) is 56.4 Å². The molecule has 3 fully saturated rings. The van der Waals surface area contributed by atoms with Crippen LogP contribution < -0.4 is 16.0 Å². The Morgan fingerprint density at radius 2 is 1.94 bits per heavy atom. The van der Waals surface area contributed by atoms with Crippen molar-refractivity contribution in [3.63, 3.8) is 0 Å². The molecule has 0 aromatic heterocycles. The van der Waals surface area contributed by atoms with Crippen molar-refractivity contribution >= 4 is 6.03 Å². The van der Waals surface area contributed by atoms with Crippen molar-refractivity contribution in [2.75, 3.05) is 19.6 Å². The lowest BCUT2D eigenvalue weighted by atomic mass is 10.0. The molecule has 3 aliphatic heterocycles. The van der Waals surface area contributed by atoms with Gasteiger partial charge in [0, 0.05) is 6.04 Å². The molecule has 3 heterocycles. The fourth-order valence-corrected chi connectivity index (χ4v) is 3.15. The number of amides is 2. The Morgan fingerprint density at radius 3 is 2.75 bits per heavy atom. The molecule has 2 amide bonds. The molecule has 0 radical (unpaired) electrons. The summed E-state index contributed by atoms with van der Waals surface area (Å²) in [5, 5.41) is 9.93. The maximum absolute atomic E-state index is 12.0. The van der Waals surface area contributed by atoms with Crippen LogP contribution >= 0.6 is 0 Å². The molecule has 3 aliphatic rings. The molecule has 0 saturated carbocycles. The third-order valence-corrected chi connectivity index (χ3v) is 3.97. The number of hydrogen-bond donors (Lipinski definition) is 3. The van der Waals surface area contributed by atoms with Crippen molar-refractivity contribution in [1.82, 2.24) is 20.9 Å². The average Bonchev–Trinajstić information content (AvgIpc) is 2.66. The minimum atomic E-state index is 0.135. The van der Waals surface area contributed by atoms with E-state index >= 15 is 0 Å². The van der Waals surface area contributed by atoms with E-state index in [4.69, 9.17) is 0 Å². The summed E-state index contributed by atoms with van der Waals surface area (Å²) in [6.07, 6.45) is 4.69. The van der Waals surface area contributed by atoms with Gasteiger partial charge >= 0.3 is 6.03 Å². The number of rotatable bonds is 1. The van der Waals surface area contributed by atoms with Crippen LogP contribution in [0.4, 0.5) is 4.79 Å². The third kappa shape index (κ3) is 1.68. The number of carbonyl (C=O) groups excluding carboxylic acids is 1. The number of fused-ring (bicyclic) bond motifs is 1. The zero-order valence-corrected chi connectivity index (χ0v) is 9.54. The minimum absolute atomic E-state index is 0.135. The van der Waals surface area contributed by atoms with Gasteiger partial charge in [0.2, 0.25) is 0 Å². The second kappa shape index (κ2) is 4.22. The first-order valence-corrected chi connectivity index (χ1v) is 6.39. The molecule has 0 bridgehead atoms. The lowest BCUT2D eigenvalue weighted by Gasteiger charge is -2.37. The van der Waals surface area contributed by atoms with Crippen molar-refractivity contribution in [1.29, 1.82) is 0 Å². The highest BCUT2D eigenvalue weighted by atomic mass is 16.2. The summed E-state index contributed by atoms with van der Waals surface area (Å²) in [7, 11) is 0. The van der Waals surface area contributed by atoms with E-state index < -0.39 is 0 Å². The Morgan fingerprint density at radius 1 is 1.12 bits per heavy atom. The quantitative estimate of drug-likeness (QED) is 0.580. The van der Waals surface area contributed by atoms with Crippen LogP contribution in [0.15, 0.2) is 0 Å². The summed E-state index contributed by atoms with van der Waals surface area (Å²) in [5.74, 6) is 0. The van der Waals surface area contributed by atoms with Gasteiger partial charge in [-0.3, -0.25) is 5.32 Å². The van der Waals surface area contributed by atoms with Crippen LogP contribution in [-0.2, 0) is 0 Å². The molecular weight excluding hydrogens is 204 g/mol. The summed E-state index contributed by atoms with van der Waals surface area (Å²) in [4.78, 5) is 14.1. The normalized spacial score (nSPS) is 36.0. The number of carbonyl (C=O) groups is 1. The molecule has 2 atom stereocenters. The van der Waals surface area contributed by atoms with Crippen molar-refractivity contribution in [3.8, 4) is 0 Å². The predicted molar refractivity (Wildman–Crippen MR) is 61.1 cm³/mol. The van der Waals surface area contributed by atoms with Crippen molar-refractivity contribution in [3.05, 3.63) is 0 Å². The number of piperidine rings is 2. The highest BCUT2D eigenvalue weighted by Crippen LogP contribution is 2.24. The molecule has 0 aromatic carbocycles. The molecule has 90 valence electrons. The third-order valence-electron chi connectivity index (χ3n) is 3.97. The van der Waals surface area contributed by atoms with E-state index in [1.54, 1.807) is 0 Å². The molecule has 0 aromatic rings. The molecule has 3 saturated heterocycles. The fraction of sp³-hybridized carbons (Fsp3) is 0.909. The Hall–Kier alpha value is -0.810. The standard InChI is InChI=1S/C11H20N4O/c16-11-14-9-2-1-5-13-10(9)15(11)8-3-6-12-7-4-8/h8-10,12-13H,1-7H2,(H,14,16). The second-order valence-corrected chi connectivity index (χ2v) is 4.99. The van der Waals surface area contributed by atoms with Gasteiger partial charge in [-0.15, -0.1) is 0 Å². The summed E-state index contributed by atoms with van der Waals surface area (Å²) in [6, 6.07) is 0.884. The first-order chi connectivity index (χ1) is 7.86. The van der Waals surface area contributed by atoms with Crippen LogP contribution in [0.5, 0.6) is 0 Å². The van der Waals surface area contributed by atoms with Gasteiger partial charge < -0.3 is 15.5 Å². The zero-order valence-electron chi connectivity index (χ0n) is 9.54. The Labute approximate surface area is 95.9 Å². The Kier molecular flexibility index (Phi) is 2.73. The van der Waals surface area contributed by atoms with E-state index in [1.165, 1.54) is 6.42 Å². The maximum Gasteiger partial charge on any atom is 0.319 e. The summed E-state index contributed by atoms with van der Waals surface area (Å²) < 4.78 is 0. The molecule has 3 rings (SSSR count). The van der Waals surface area contributed by atoms with E-state index in [2.05, 4.69) is 20.9 Å². The lowest BCUT2D eigenvalue weighted by Crippen LogP contribution is -2.56. The van der Waals surface area contributed by atoms with Gasteiger partial charge in [0.25, 0.3) is 0 Å². The highest BCUT2D eigenvalue weighted by molar-refractivity contribution is 5.78. The van der Waals surface area contributed by atoms with Crippen LogP contribution in [-0.4, -0.2) is 48.8 Å². The number of hydrogen-bond acceptors (Lipinski definition) is 3. The smallest absolute Gasteiger partial charge is 0.319 e. The van der Waals surface area contributed by atoms with Crippen LogP contribution in [0.3, 0.4) is 0 Å². The molecule has 3 N–H and O–H groups in total. The molecule has 16 heavy (non-hydrogen) atoms. The van der Waals surface area contributed by atoms with Gasteiger partial charge in [0.15, 0.2) is 0 Å². The van der Waals surface area contributed by atoms with Gasteiger partial charge in [-0.2, -0.15) is 0 Å². The first kappa shape index (κ1) is 10.4. The Bertz CT molecular complexity index is 277. The van der Waals surface area contributed by atoms with Gasteiger partial charge in [-0.05, 0) is 45.3 Å². The summed E-state index contributed by atoms with van der Waals surface area (Å²) in [5.41, 5.74) is 0. The zero-order chi connectivity index (χ0) is 11.0.